The standard InChI is InChI=1S/C11H11BrF4N2O/c12-8-6(10(17)18)2-3-7(9(8)13)19-5-1-4-11(14,15)16/h2-3H,1,4-5H2,(H3,17,18). The van der Waals surface area contributed by atoms with Gasteiger partial charge in [-0.3, -0.25) is 5.41 Å². The number of nitrogens with one attached hydrogen (secondary N) is 1. The van der Waals surface area contributed by atoms with Crippen LogP contribution in [-0.4, -0.2) is 18.6 Å². The molecule has 0 atom stereocenters. The second-order valence-electron chi connectivity index (χ2n) is 3.72. The minimum atomic E-state index is -4.25. The average molecular weight is 343 g/mol. The van der Waals surface area contributed by atoms with Gasteiger partial charge in [0.15, 0.2) is 11.6 Å². The number of rotatable bonds is 5. The molecule has 19 heavy (non-hydrogen) atoms. The molecule has 0 saturated carbocycles. The molecular weight excluding hydrogens is 332 g/mol. The summed E-state index contributed by atoms with van der Waals surface area (Å²) >= 11 is 2.92. The van der Waals surface area contributed by atoms with Gasteiger partial charge in [-0.25, -0.2) is 4.39 Å². The first kappa shape index (κ1) is 15.7. The maximum atomic E-state index is 13.7. The molecule has 1 aromatic carbocycles. The second kappa shape index (κ2) is 6.23. The van der Waals surface area contributed by atoms with Crippen LogP contribution in [0.15, 0.2) is 16.6 Å². The second-order valence-corrected chi connectivity index (χ2v) is 4.51. The summed E-state index contributed by atoms with van der Waals surface area (Å²) in [5, 5.41) is 7.20. The largest absolute Gasteiger partial charge is 0.490 e. The number of amidine groups is 1. The molecule has 0 saturated heterocycles. The molecule has 0 heterocycles. The molecule has 1 aromatic rings. The summed E-state index contributed by atoms with van der Waals surface area (Å²) in [6.07, 6.45) is -5.49. The van der Waals surface area contributed by atoms with E-state index in [2.05, 4.69) is 15.9 Å². The predicted molar refractivity (Wildman–Crippen MR) is 65.9 cm³/mol. The van der Waals surface area contributed by atoms with Gasteiger partial charge in [-0.2, -0.15) is 13.2 Å². The summed E-state index contributed by atoms with van der Waals surface area (Å²) in [6, 6.07) is 2.58. The van der Waals surface area contributed by atoms with Gasteiger partial charge in [-0.15, -0.1) is 0 Å². The SMILES string of the molecule is N=C(N)c1ccc(OCCCC(F)(F)F)c(F)c1Br. The van der Waals surface area contributed by atoms with Crippen molar-refractivity contribution in [2.75, 3.05) is 6.61 Å². The van der Waals surface area contributed by atoms with E-state index in [4.69, 9.17) is 15.9 Å². The Hall–Kier alpha value is -1.31. The van der Waals surface area contributed by atoms with E-state index in [1.807, 2.05) is 0 Å². The van der Waals surface area contributed by atoms with Crippen LogP contribution in [0.3, 0.4) is 0 Å². The molecule has 3 N–H and O–H groups in total. The van der Waals surface area contributed by atoms with Crippen LogP contribution in [0.1, 0.15) is 18.4 Å². The van der Waals surface area contributed by atoms with Gasteiger partial charge < -0.3 is 10.5 Å². The van der Waals surface area contributed by atoms with E-state index in [0.29, 0.717) is 0 Å². The summed E-state index contributed by atoms with van der Waals surface area (Å²) < 4.78 is 54.3. The van der Waals surface area contributed by atoms with Crippen molar-refractivity contribution in [3.63, 3.8) is 0 Å². The Bertz CT molecular complexity index is 476. The van der Waals surface area contributed by atoms with Crippen LogP contribution in [0.5, 0.6) is 5.75 Å². The van der Waals surface area contributed by atoms with E-state index in [1.165, 1.54) is 12.1 Å². The average Bonchev–Trinajstić information content (AvgIpc) is 2.28. The highest BCUT2D eigenvalue weighted by Gasteiger charge is 2.26. The lowest BCUT2D eigenvalue weighted by atomic mass is 10.2. The summed E-state index contributed by atoms with van der Waals surface area (Å²) in [7, 11) is 0. The predicted octanol–water partition coefficient (Wildman–Crippen LogP) is 3.59. The molecule has 3 nitrogen and oxygen atoms in total. The Morgan fingerprint density at radius 1 is 1.37 bits per heavy atom. The third kappa shape index (κ3) is 4.70. The van der Waals surface area contributed by atoms with E-state index >= 15 is 0 Å². The van der Waals surface area contributed by atoms with E-state index in [-0.39, 0.29) is 34.6 Å². The van der Waals surface area contributed by atoms with Crippen molar-refractivity contribution in [3.8, 4) is 5.75 Å². The Balaban J connectivity index is 2.66. The van der Waals surface area contributed by atoms with Crippen molar-refractivity contribution in [3.05, 3.63) is 28.0 Å². The van der Waals surface area contributed by atoms with Crippen molar-refractivity contribution in [2.24, 2.45) is 5.73 Å². The number of halogens is 5. The maximum Gasteiger partial charge on any atom is 0.389 e. The number of hydrogen-bond donors (Lipinski definition) is 2. The molecular formula is C11H11BrF4N2O. The molecule has 0 aromatic heterocycles. The fourth-order valence-corrected chi connectivity index (χ4v) is 1.85. The summed E-state index contributed by atoms with van der Waals surface area (Å²) in [5.41, 5.74) is 5.38. The Kier molecular flexibility index (Phi) is 5.16. The van der Waals surface area contributed by atoms with Gasteiger partial charge in [0.25, 0.3) is 0 Å². The normalized spacial score (nSPS) is 11.4. The number of nitrogen functional groups attached to an aromatic ring is 1. The van der Waals surface area contributed by atoms with Gasteiger partial charge in [-0.05, 0) is 34.5 Å². The number of nitrogens with two attached hydrogens (primary N) is 1. The van der Waals surface area contributed by atoms with E-state index in [9.17, 15) is 17.6 Å². The van der Waals surface area contributed by atoms with Gasteiger partial charge in [-0.1, -0.05) is 0 Å². The van der Waals surface area contributed by atoms with Crippen molar-refractivity contribution in [1.82, 2.24) is 0 Å². The Morgan fingerprint density at radius 3 is 2.53 bits per heavy atom. The lowest BCUT2D eigenvalue weighted by Crippen LogP contribution is -2.13. The molecule has 0 aliphatic heterocycles. The monoisotopic (exact) mass is 342 g/mol. The highest BCUT2D eigenvalue weighted by molar-refractivity contribution is 9.10. The minimum absolute atomic E-state index is 0.0479. The fourth-order valence-electron chi connectivity index (χ4n) is 1.31. The number of ether oxygens (including phenoxy) is 1. The first-order valence-electron chi connectivity index (χ1n) is 5.24. The Labute approximate surface area is 115 Å². The molecule has 8 heteroatoms. The molecule has 0 fully saturated rings. The van der Waals surface area contributed by atoms with Crippen LogP contribution in [-0.2, 0) is 0 Å². The third-order valence-corrected chi connectivity index (χ3v) is 2.97. The summed E-state index contributed by atoms with van der Waals surface area (Å²) in [4.78, 5) is 0. The van der Waals surface area contributed by atoms with Crippen LogP contribution in [0.4, 0.5) is 17.6 Å². The lowest BCUT2D eigenvalue weighted by molar-refractivity contribution is -0.136. The highest BCUT2D eigenvalue weighted by atomic mass is 79.9. The zero-order valence-corrected chi connectivity index (χ0v) is 11.2. The molecule has 0 amide bonds. The fraction of sp³-hybridized carbons (Fsp3) is 0.364. The first-order valence-corrected chi connectivity index (χ1v) is 6.03. The van der Waals surface area contributed by atoms with E-state index in [1.54, 1.807) is 0 Å². The Morgan fingerprint density at radius 2 is 2.00 bits per heavy atom. The number of benzene rings is 1. The summed E-state index contributed by atoms with van der Waals surface area (Å²) in [6.45, 7) is -0.248. The van der Waals surface area contributed by atoms with Gasteiger partial charge in [0.2, 0.25) is 0 Å². The molecule has 106 valence electrons. The van der Waals surface area contributed by atoms with Crippen molar-refractivity contribution in [2.45, 2.75) is 19.0 Å². The van der Waals surface area contributed by atoms with Gasteiger partial charge >= 0.3 is 6.18 Å². The van der Waals surface area contributed by atoms with Crippen LogP contribution in [0, 0.1) is 11.2 Å². The van der Waals surface area contributed by atoms with Crippen LogP contribution in [0.25, 0.3) is 0 Å². The molecule has 0 spiro atoms. The summed E-state index contributed by atoms with van der Waals surface area (Å²) in [5.74, 6) is -1.30. The quantitative estimate of drug-likeness (QED) is 0.372. The molecule has 0 aliphatic rings. The smallest absolute Gasteiger partial charge is 0.389 e. The van der Waals surface area contributed by atoms with E-state index < -0.39 is 18.4 Å². The lowest BCUT2D eigenvalue weighted by Gasteiger charge is -2.11. The van der Waals surface area contributed by atoms with Gasteiger partial charge in [0.1, 0.15) is 5.84 Å². The van der Waals surface area contributed by atoms with Gasteiger partial charge in [0, 0.05) is 12.0 Å². The molecule has 0 bridgehead atoms. The third-order valence-electron chi connectivity index (χ3n) is 2.20. The minimum Gasteiger partial charge on any atom is -0.490 e. The van der Waals surface area contributed by atoms with Crippen LogP contribution in [0.2, 0.25) is 0 Å². The van der Waals surface area contributed by atoms with Crippen LogP contribution < -0.4 is 10.5 Å². The van der Waals surface area contributed by atoms with Gasteiger partial charge in [0.05, 0.1) is 11.1 Å². The zero-order valence-electron chi connectivity index (χ0n) is 9.65. The van der Waals surface area contributed by atoms with Crippen LogP contribution >= 0.6 is 15.9 Å². The first-order chi connectivity index (χ1) is 8.72. The number of alkyl halides is 3. The van der Waals surface area contributed by atoms with Crippen molar-refractivity contribution < 1.29 is 22.3 Å². The molecule has 0 radical (unpaired) electrons. The van der Waals surface area contributed by atoms with Crippen molar-refractivity contribution in [1.29, 1.82) is 5.41 Å². The molecule has 0 unspecified atom stereocenters. The van der Waals surface area contributed by atoms with Crippen molar-refractivity contribution >= 4 is 21.8 Å². The molecule has 0 aliphatic carbocycles. The zero-order chi connectivity index (χ0) is 14.6. The number of hydrogen-bond acceptors (Lipinski definition) is 2. The van der Waals surface area contributed by atoms with E-state index in [0.717, 1.165) is 0 Å². The maximum absolute atomic E-state index is 13.7. The highest BCUT2D eigenvalue weighted by Crippen LogP contribution is 2.29. The molecule has 1 rings (SSSR count). The topological polar surface area (TPSA) is 59.1 Å².